The van der Waals surface area contributed by atoms with Crippen LogP contribution in [0, 0.1) is 13.8 Å². The molecule has 1 aliphatic rings. The average Bonchev–Trinajstić information content (AvgIpc) is 2.87. The number of hydrogen-bond donors (Lipinski definition) is 1. The summed E-state index contributed by atoms with van der Waals surface area (Å²) >= 11 is 0. The summed E-state index contributed by atoms with van der Waals surface area (Å²) in [5.74, 6) is 0. The first-order chi connectivity index (χ1) is 10.7. The van der Waals surface area contributed by atoms with Crippen molar-refractivity contribution in [3.63, 3.8) is 0 Å². The Labute approximate surface area is 130 Å². The second-order valence-corrected chi connectivity index (χ2v) is 6.13. The summed E-state index contributed by atoms with van der Waals surface area (Å²) in [5, 5.41) is 4.02. The highest BCUT2D eigenvalue weighted by molar-refractivity contribution is 5.84. The Morgan fingerprint density at radius 2 is 1.64 bits per heavy atom. The molecule has 22 heavy (non-hydrogen) atoms. The lowest BCUT2D eigenvalue weighted by Crippen LogP contribution is -2.30. The lowest BCUT2D eigenvalue weighted by atomic mass is 10.1. The summed E-state index contributed by atoms with van der Waals surface area (Å²) in [7, 11) is 0. The van der Waals surface area contributed by atoms with Gasteiger partial charge in [-0.25, -0.2) is 0 Å². The van der Waals surface area contributed by atoms with Crippen molar-refractivity contribution in [1.82, 2.24) is 4.57 Å². The van der Waals surface area contributed by atoms with Crippen LogP contribution in [0.15, 0.2) is 36.4 Å². The van der Waals surface area contributed by atoms with E-state index in [1.165, 1.54) is 27.2 Å². The number of fused-ring (bicyclic) bond motifs is 3. The van der Waals surface area contributed by atoms with Gasteiger partial charge in [0.15, 0.2) is 0 Å². The summed E-state index contributed by atoms with van der Waals surface area (Å²) < 4.78 is 2.37. The number of aromatic nitrogens is 1. The molecule has 2 aromatic carbocycles. The number of nitrogens with zero attached hydrogens (tertiary/aromatic N) is 1. The Morgan fingerprint density at radius 3 is 2.41 bits per heavy atom. The second-order valence-electron chi connectivity index (χ2n) is 6.13. The number of rotatable bonds is 1. The Morgan fingerprint density at radius 1 is 0.955 bits per heavy atom. The summed E-state index contributed by atoms with van der Waals surface area (Å²) in [6.07, 6.45) is 6.96. The van der Waals surface area contributed by atoms with E-state index in [1.54, 1.807) is 0 Å². The first-order valence-electron chi connectivity index (χ1n) is 7.84. The number of anilines is 1. The summed E-state index contributed by atoms with van der Waals surface area (Å²) in [5.41, 5.74) is 11.8. The van der Waals surface area contributed by atoms with Crippen molar-refractivity contribution >= 4 is 28.7 Å². The van der Waals surface area contributed by atoms with E-state index >= 15 is 0 Å². The molecular formula is C20H20N2. The minimum atomic E-state index is 0.893. The average molecular weight is 288 g/mol. The summed E-state index contributed by atoms with van der Waals surface area (Å²) in [4.78, 5) is 0. The van der Waals surface area contributed by atoms with E-state index in [9.17, 15) is 0 Å². The third-order valence-electron chi connectivity index (χ3n) is 4.64. The van der Waals surface area contributed by atoms with E-state index in [-0.39, 0.29) is 0 Å². The van der Waals surface area contributed by atoms with Crippen LogP contribution >= 0.6 is 0 Å². The molecule has 4 rings (SSSR count). The van der Waals surface area contributed by atoms with E-state index in [4.69, 9.17) is 5.73 Å². The van der Waals surface area contributed by atoms with Gasteiger partial charge in [0.2, 0.25) is 0 Å². The van der Waals surface area contributed by atoms with Gasteiger partial charge in [-0.2, -0.15) is 0 Å². The van der Waals surface area contributed by atoms with Gasteiger partial charge in [0.25, 0.3) is 0 Å². The van der Waals surface area contributed by atoms with Crippen molar-refractivity contribution in [3.8, 4) is 5.69 Å². The van der Waals surface area contributed by atoms with Crippen LogP contribution in [0.25, 0.3) is 28.7 Å². The maximum absolute atomic E-state index is 6.13. The summed E-state index contributed by atoms with van der Waals surface area (Å²) in [6.45, 7) is 4.17. The fourth-order valence-corrected chi connectivity index (χ4v) is 3.51. The molecule has 2 heteroatoms. The lowest BCUT2D eigenvalue weighted by Gasteiger charge is -2.12. The van der Waals surface area contributed by atoms with Crippen LogP contribution in [-0.2, 0) is 0 Å². The molecule has 0 amide bonds. The fraction of sp³-hybridized carbons (Fsp3) is 0.200. The minimum absolute atomic E-state index is 0.893. The first-order valence-corrected chi connectivity index (χ1v) is 7.84. The molecule has 110 valence electrons. The minimum Gasteiger partial charge on any atom is -0.398 e. The molecule has 0 saturated carbocycles. The largest absolute Gasteiger partial charge is 0.398 e. The van der Waals surface area contributed by atoms with Crippen molar-refractivity contribution in [1.29, 1.82) is 0 Å². The molecule has 0 bridgehead atoms. The Kier molecular flexibility index (Phi) is 2.86. The number of hydrogen-bond acceptors (Lipinski definition) is 1. The quantitative estimate of drug-likeness (QED) is 0.685. The van der Waals surface area contributed by atoms with Crippen LogP contribution in [-0.4, -0.2) is 4.57 Å². The van der Waals surface area contributed by atoms with E-state index in [0.29, 0.717) is 0 Å². The molecule has 0 saturated heterocycles. The number of benzene rings is 2. The van der Waals surface area contributed by atoms with Crippen LogP contribution in [0.5, 0.6) is 0 Å². The van der Waals surface area contributed by atoms with Gasteiger partial charge in [-0.1, -0.05) is 30.4 Å². The van der Waals surface area contributed by atoms with Crippen LogP contribution in [0.2, 0.25) is 0 Å². The van der Waals surface area contributed by atoms with E-state index in [0.717, 1.165) is 29.7 Å². The number of aryl methyl sites for hydroxylation is 2. The van der Waals surface area contributed by atoms with Gasteiger partial charge in [-0.05, 0) is 56.0 Å². The standard InChI is InChI=1S/C20H20N2/c1-13-11-15(12-14(2)20(13)21)22-18-9-5-3-7-16(18)17-8-4-6-10-19(17)22/h3,5,7-12H,4,6,21H2,1-2H3. The van der Waals surface area contributed by atoms with Gasteiger partial charge >= 0.3 is 0 Å². The number of nitrogen functional groups attached to an aromatic ring is 1. The Hall–Kier alpha value is -2.48. The number of nitrogens with two attached hydrogens (primary N) is 1. The molecule has 2 nitrogen and oxygen atoms in total. The smallest absolute Gasteiger partial charge is 0.0540 e. The fourth-order valence-electron chi connectivity index (χ4n) is 3.51. The van der Waals surface area contributed by atoms with Gasteiger partial charge in [-0.15, -0.1) is 0 Å². The zero-order chi connectivity index (χ0) is 15.3. The third-order valence-corrected chi connectivity index (χ3v) is 4.64. The predicted molar refractivity (Wildman–Crippen MR) is 94.6 cm³/mol. The maximum Gasteiger partial charge on any atom is 0.0540 e. The first kappa shape index (κ1) is 13.2. The van der Waals surface area contributed by atoms with Crippen LogP contribution in [0.1, 0.15) is 24.0 Å². The maximum atomic E-state index is 6.13. The summed E-state index contributed by atoms with van der Waals surface area (Å²) in [6, 6.07) is 13.0. The molecule has 0 radical (unpaired) electrons. The molecule has 1 aromatic heterocycles. The lowest BCUT2D eigenvalue weighted by molar-refractivity contribution is 1.02. The molecule has 0 spiro atoms. The van der Waals surface area contributed by atoms with Gasteiger partial charge < -0.3 is 10.3 Å². The van der Waals surface area contributed by atoms with Gasteiger partial charge in [0.1, 0.15) is 0 Å². The second kappa shape index (κ2) is 4.77. The van der Waals surface area contributed by atoms with Crippen molar-refractivity contribution in [3.05, 3.63) is 58.1 Å². The van der Waals surface area contributed by atoms with Crippen molar-refractivity contribution in [2.45, 2.75) is 26.7 Å². The molecule has 1 aliphatic carbocycles. The third kappa shape index (κ3) is 1.80. The van der Waals surface area contributed by atoms with Gasteiger partial charge in [0, 0.05) is 27.3 Å². The highest BCUT2D eigenvalue weighted by Crippen LogP contribution is 2.23. The molecule has 0 fully saturated rings. The molecule has 0 aliphatic heterocycles. The van der Waals surface area contributed by atoms with Gasteiger partial charge in [0.05, 0.1) is 5.52 Å². The Bertz CT molecular complexity index is 983. The van der Waals surface area contributed by atoms with Crippen LogP contribution < -0.4 is 16.3 Å². The highest BCUT2D eigenvalue weighted by Gasteiger charge is 2.12. The van der Waals surface area contributed by atoms with E-state index in [1.807, 2.05) is 0 Å². The van der Waals surface area contributed by atoms with Crippen molar-refractivity contribution in [2.24, 2.45) is 0 Å². The topological polar surface area (TPSA) is 30.9 Å². The van der Waals surface area contributed by atoms with Crippen molar-refractivity contribution < 1.29 is 0 Å². The van der Waals surface area contributed by atoms with Crippen LogP contribution in [0.3, 0.4) is 0 Å². The van der Waals surface area contributed by atoms with E-state index < -0.39 is 0 Å². The van der Waals surface area contributed by atoms with Gasteiger partial charge in [-0.3, -0.25) is 0 Å². The number of para-hydroxylation sites is 1. The zero-order valence-electron chi connectivity index (χ0n) is 13.1. The highest BCUT2D eigenvalue weighted by atomic mass is 15.0. The molecule has 0 atom stereocenters. The van der Waals surface area contributed by atoms with Crippen molar-refractivity contribution in [2.75, 3.05) is 5.73 Å². The molecule has 0 unspecified atom stereocenters. The normalized spacial score (nSPS) is 13.5. The van der Waals surface area contributed by atoms with E-state index in [2.05, 4.69) is 67.0 Å². The Balaban J connectivity index is 2.17. The predicted octanol–water partition coefficient (Wildman–Crippen LogP) is 3.18. The molecule has 3 aromatic rings. The molecule has 2 N–H and O–H groups in total. The molecule has 1 heterocycles. The molecular weight excluding hydrogens is 268 g/mol. The monoisotopic (exact) mass is 288 g/mol. The SMILES string of the molecule is Cc1cc(-n2c3c(c4ccccc42)=CCCC=3)cc(C)c1N. The van der Waals surface area contributed by atoms with Crippen LogP contribution in [0.4, 0.5) is 5.69 Å². The zero-order valence-corrected chi connectivity index (χ0v) is 13.1.